The van der Waals surface area contributed by atoms with Crippen molar-refractivity contribution in [3.63, 3.8) is 0 Å². The van der Waals surface area contributed by atoms with Crippen LogP contribution >= 0.6 is 15.9 Å². The molecule has 1 aliphatic rings. The molecule has 4 rings (SSSR count). The van der Waals surface area contributed by atoms with Gasteiger partial charge in [0.2, 0.25) is 0 Å². The zero-order chi connectivity index (χ0) is 18.3. The van der Waals surface area contributed by atoms with Crippen molar-refractivity contribution >= 4 is 21.8 Å². The number of rotatable bonds is 4. The molecule has 0 aliphatic carbocycles. The first-order valence-electron chi connectivity index (χ1n) is 8.55. The van der Waals surface area contributed by atoms with Crippen LogP contribution in [0.1, 0.15) is 41.0 Å². The summed E-state index contributed by atoms with van der Waals surface area (Å²) in [6, 6.07) is 14.8. The van der Waals surface area contributed by atoms with Gasteiger partial charge >= 0.3 is 0 Å². The van der Waals surface area contributed by atoms with Crippen LogP contribution in [0.3, 0.4) is 0 Å². The largest absolute Gasteiger partial charge is 0.507 e. The van der Waals surface area contributed by atoms with Gasteiger partial charge in [0.15, 0.2) is 0 Å². The Labute approximate surface area is 159 Å². The second kappa shape index (κ2) is 6.61. The Bertz CT molecular complexity index is 983. The Morgan fingerprint density at radius 1 is 1.23 bits per heavy atom. The van der Waals surface area contributed by atoms with Gasteiger partial charge in [-0.1, -0.05) is 47.1 Å². The van der Waals surface area contributed by atoms with Crippen LogP contribution in [-0.2, 0) is 0 Å². The molecule has 0 saturated heterocycles. The molecule has 5 nitrogen and oxygen atoms in total. The molecule has 2 aromatic carbocycles. The smallest absolute Gasteiger partial charge is 0.273 e. The van der Waals surface area contributed by atoms with Crippen molar-refractivity contribution in [1.82, 2.24) is 15.1 Å². The van der Waals surface area contributed by atoms with Crippen LogP contribution in [0, 0.1) is 0 Å². The van der Waals surface area contributed by atoms with Crippen LogP contribution in [0.5, 0.6) is 5.75 Å². The summed E-state index contributed by atoms with van der Waals surface area (Å²) < 4.78 is 0.958. The molecule has 1 aromatic heterocycles. The van der Waals surface area contributed by atoms with E-state index in [0.717, 1.165) is 22.0 Å². The summed E-state index contributed by atoms with van der Waals surface area (Å²) in [5.41, 5.74) is 3.58. The van der Waals surface area contributed by atoms with Crippen molar-refractivity contribution in [2.75, 3.05) is 6.54 Å². The van der Waals surface area contributed by atoms with E-state index in [1.54, 1.807) is 12.1 Å². The van der Waals surface area contributed by atoms with E-state index in [1.807, 2.05) is 41.3 Å². The highest BCUT2D eigenvalue weighted by Gasteiger charge is 2.42. The van der Waals surface area contributed by atoms with E-state index < -0.39 is 0 Å². The Morgan fingerprint density at radius 3 is 2.77 bits per heavy atom. The van der Waals surface area contributed by atoms with Crippen LogP contribution in [0.2, 0.25) is 0 Å². The van der Waals surface area contributed by atoms with E-state index >= 15 is 0 Å². The van der Waals surface area contributed by atoms with Gasteiger partial charge in [-0.3, -0.25) is 9.89 Å². The number of H-pyrrole nitrogens is 1. The average molecular weight is 412 g/mol. The first kappa shape index (κ1) is 16.8. The Hall–Kier alpha value is -2.60. The molecule has 1 aliphatic heterocycles. The highest BCUT2D eigenvalue weighted by molar-refractivity contribution is 9.10. The predicted octanol–water partition coefficient (Wildman–Crippen LogP) is 4.50. The van der Waals surface area contributed by atoms with Crippen LogP contribution in [-0.4, -0.2) is 32.7 Å². The van der Waals surface area contributed by atoms with E-state index in [4.69, 9.17) is 0 Å². The van der Waals surface area contributed by atoms with Crippen molar-refractivity contribution in [3.05, 3.63) is 69.8 Å². The number of benzene rings is 2. The fourth-order valence-electron chi connectivity index (χ4n) is 3.57. The van der Waals surface area contributed by atoms with Gasteiger partial charge in [0.1, 0.15) is 17.1 Å². The lowest BCUT2D eigenvalue weighted by molar-refractivity contribution is 0.0744. The molecule has 2 heterocycles. The number of aromatic hydroxyl groups is 1. The number of fused-ring (bicyclic) bond motifs is 1. The number of phenolic OH excluding ortho intramolecular Hbond substituents is 1. The standard InChI is InChI=1S/C20H18BrN3O2/c1-2-10-24-19(12-6-5-7-13(21)11-12)16-17(22-23-18(16)20(24)26)14-8-3-4-9-15(14)25/h3-9,11,19,25H,2,10H2,1H3,(H,22,23)/t19-/m1/s1. The maximum absolute atomic E-state index is 13.0. The maximum atomic E-state index is 13.0. The van der Waals surface area contributed by atoms with Crippen molar-refractivity contribution < 1.29 is 9.90 Å². The van der Waals surface area contributed by atoms with Gasteiger partial charge in [-0.2, -0.15) is 5.10 Å². The zero-order valence-corrected chi connectivity index (χ0v) is 15.8. The van der Waals surface area contributed by atoms with E-state index in [9.17, 15) is 9.90 Å². The van der Waals surface area contributed by atoms with Gasteiger partial charge in [0.05, 0.1) is 6.04 Å². The quantitative estimate of drug-likeness (QED) is 0.663. The highest BCUT2D eigenvalue weighted by atomic mass is 79.9. The summed E-state index contributed by atoms with van der Waals surface area (Å²) >= 11 is 3.52. The maximum Gasteiger partial charge on any atom is 0.273 e. The average Bonchev–Trinajstić information content (AvgIpc) is 3.16. The third-order valence-corrected chi connectivity index (χ3v) is 5.15. The number of hydrogen-bond acceptors (Lipinski definition) is 3. The van der Waals surface area contributed by atoms with Crippen molar-refractivity contribution in [2.45, 2.75) is 19.4 Å². The highest BCUT2D eigenvalue weighted by Crippen LogP contribution is 2.44. The number of aromatic amines is 1. The lowest BCUT2D eigenvalue weighted by Crippen LogP contribution is -2.30. The van der Waals surface area contributed by atoms with Crippen LogP contribution < -0.4 is 0 Å². The first-order valence-corrected chi connectivity index (χ1v) is 9.34. The van der Waals surface area contributed by atoms with E-state index in [2.05, 4.69) is 33.1 Å². The second-order valence-corrected chi connectivity index (χ2v) is 7.25. The minimum Gasteiger partial charge on any atom is -0.507 e. The molecule has 0 fully saturated rings. The van der Waals surface area contributed by atoms with E-state index in [-0.39, 0.29) is 17.7 Å². The minimum atomic E-state index is -0.233. The number of phenols is 1. The van der Waals surface area contributed by atoms with Gasteiger partial charge < -0.3 is 10.0 Å². The number of nitrogens with one attached hydrogen (secondary N) is 1. The SMILES string of the molecule is CCCN1C(=O)c2[nH]nc(-c3ccccc3O)c2[C@H]1c1cccc(Br)c1. The molecule has 1 amide bonds. The molecule has 0 saturated carbocycles. The fourth-order valence-corrected chi connectivity index (χ4v) is 3.99. The number of halogens is 1. The molecule has 3 aromatic rings. The second-order valence-electron chi connectivity index (χ2n) is 6.33. The monoisotopic (exact) mass is 411 g/mol. The number of nitrogens with zero attached hydrogens (tertiary/aromatic N) is 2. The van der Waals surface area contributed by atoms with E-state index in [0.29, 0.717) is 23.5 Å². The lowest BCUT2D eigenvalue weighted by Gasteiger charge is -2.26. The molecule has 26 heavy (non-hydrogen) atoms. The number of aromatic nitrogens is 2. The Balaban J connectivity index is 1.93. The summed E-state index contributed by atoms with van der Waals surface area (Å²) in [5.74, 6) is 0.0946. The third kappa shape index (κ3) is 2.61. The first-order chi connectivity index (χ1) is 12.6. The number of carbonyl (C=O) groups is 1. The third-order valence-electron chi connectivity index (χ3n) is 4.65. The molecule has 1 atom stereocenters. The fraction of sp³-hybridized carbons (Fsp3) is 0.200. The van der Waals surface area contributed by atoms with E-state index in [1.165, 1.54) is 0 Å². The summed E-state index contributed by atoms with van der Waals surface area (Å²) in [5, 5.41) is 17.6. The lowest BCUT2D eigenvalue weighted by atomic mass is 9.96. The van der Waals surface area contributed by atoms with Gasteiger partial charge in [-0.05, 0) is 36.2 Å². The number of amides is 1. The molecular weight excluding hydrogens is 394 g/mol. The summed E-state index contributed by atoms with van der Waals surface area (Å²) in [6.07, 6.45) is 0.861. The number of carbonyl (C=O) groups excluding carboxylic acids is 1. The van der Waals surface area contributed by atoms with Crippen molar-refractivity contribution in [2.24, 2.45) is 0 Å². The molecule has 0 radical (unpaired) electrons. The van der Waals surface area contributed by atoms with Gasteiger partial charge in [0.25, 0.3) is 5.91 Å². The summed E-state index contributed by atoms with van der Waals surface area (Å²) in [7, 11) is 0. The van der Waals surface area contributed by atoms with Crippen LogP contribution in [0.25, 0.3) is 11.3 Å². The van der Waals surface area contributed by atoms with Gasteiger partial charge in [-0.25, -0.2) is 0 Å². The topological polar surface area (TPSA) is 69.2 Å². The normalized spacial score (nSPS) is 16.2. The minimum absolute atomic E-state index is 0.0546. The number of hydrogen-bond donors (Lipinski definition) is 2. The number of para-hydroxylation sites is 1. The predicted molar refractivity (Wildman–Crippen MR) is 103 cm³/mol. The molecule has 2 N–H and O–H groups in total. The molecule has 0 spiro atoms. The van der Waals surface area contributed by atoms with Crippen molar-refractivity contribution in [1.29, 1.82) is 0 Å². The molecule has 0 bridgehead atoms. The molecule has 6 heteroatoms. The summed E-state index contributed by atoms with van der Waals surface area (Å²) in [6.45, 7) is 2.71. The molecule has 132 valence electrons. The molecular formula is C20H18BrN3O2. The summed E-state index contributed by atoms with van der Waals surface area (Å²) in [4.78, 5) is 14.8. The van der Waals surface area contributed by atoms with Crippen molar-refractivity contribution in [3.8, 4) is 17.0 Å². The molecule has 0 unspecified atom stereocenters. The zero-order valence-electron chi connectivity index (χ0n) is 14.2. The van der Waals surface area contributed by atoms with Gasteiger partial charge in [-0.15, -0.1) is 0 Å². The van der Waals surface area contributed by atoms with Crippen LogP contribution in [0.4, 0.5) is 0 Å². The Morgan fingerprint density at radius 2 is 2.04 bits per heavy atom. The van der Waals surface area contributed by atoms with Gasteiger partial charge in [0, 0.05) is 22.1 Å². The Kier molecular flexibility index (Phi) is 4.28. The van der Waals surface area contributed by atoms with Crippen LogP contribution in [0.15, 0.2) is 53.0 Å².